The quantitative estimate of drug-likeness (QED) is 0.714. The second kappa shape index (κ2) is 3.57. The lowest BCUT2D eigenvalue weighted by atomic mass is 9.80. The normalized spacial score (nSPS) is 15.5. The van der Waals surface area contributed by atoms with Crippen molar-refractivity contribution in [2.75, 3.05) is 0 Å². The first-order valence-electron chi connectivity index (χ1n) is 3.94. The SMILES string of the molecule is CC(F)(F)C(C)(C)C[C@@H](N)C(=O)O. The van der Waals surface area contributed by atoms with Gasteiger partial charge in [0.05, 0.1) is 0 Å². The zero-order chi connectivity index (χ0) is 10.9. The number of hydrogen-bond donors (Lipinski definition) is 2. The number of hydrogen-bond acceptors (Lipinski definition) is 2. The Morgan fingerprint density at radius 2 is 1.85 bits per heavy atom. The molecule has 5 heteroatoms. The van der Waals surface area contributed by atoms with Gasteiger partial charge >= 0.3 is 5.97 Å². The maximum atomic E-state index is 12.9. The summed E-state index contributed by atoms with van der Waals surface area (Å²) < 4.78 is 25.8. The number of nitrogens with two attached hydrogens (primary N) is 1. The molecule has 0 radical (unpaired) electrons. The van der Waals surface area contributed by atoms with E-state index in [0.29, 0.717) is 0 Å². The van der Waals surface area contributed by atoms with Gasteiger partial charge in [-0.15, -0.1) is 0 Å². The van der Waals surface area contributed by atoms with Crippen LogP contribution in [0.5, 0.6) is 0 Å². The predicted molar refractivity (Wildman–Crippen MR) is 44.6 cm³/mol. The van der Waals surface area contributed by atoms with Gasteiger partial charge in [-0.1, -0.05) is 13.8 Å². The van der Waals surface area contributed by atoms with Gasteiger partial charge in [0.2, 0.25) is 5.92 Å². The minimum atomic E-state index is -2.93. The standard InChI is InChI=1S/C8H15F2NO2/c1-7(2,8(3,9)10)4-5(11)6(12)13/h5H,4,11H2,1-3H3,(H,12,13)/t5-/m1/s1. The first kappa shape index (κ1) is 12.3. The molecule has 3 N–H and O–H groups in total. The van der Waals surface area contributed by atoms with Crippen LogP contribution >= 0.6 is 0 Å². The molecular formula is C8H15F2NO2. The summed E-state index contributed by atoms with van der Waals surface area (Å²) in [5.41, 5.74) is 3.77. The van der Waals surface area contributed by atoms with Crippen molar-refractivity contribution in [2.24, 2.45) is 11.1 Å². The number of halogens is 2. The Hall–Kier alpha value is -0.710. The molecule has 1 atom stereocenters. The van der Waals surface area contributed by atoms with Crippen LogP contribution in [0.15, 0.2) is 0 Å². The average molecular weight is 195 g/mol. The van der Waals surface area contributed by atoms with E-state index in [-0.39, 0.29) is 6.42 Å². The highest BCUT2D eigenvalue weighted by Crippen LogP contribution is 2.39. The van der Waals surface area contributed by atoms with E-state index in [4.69, 9.17) is 10.8 Å². The fourth-order valence-corrected chi connectivity index (χ4v) is 0.816. The summed E-state index contributed by atoms with van der Waals surface area (Å²) in [6.07, 6.45) is -0.244. The number of carbonyl (C=O) groups is 1. The van der Waals surface area contributed by atoms with Crippen molar-refractivity contribution in [3.8, 4) is 0 Å². The molecule has 0 rings (SSSR count). The average Bonchev–Trinajstić information content (AvgIpc) is 1.83. The first-order valence-corrected chi connectivity index (χ1v) is 3.94. The first-order chi connectivity index (χ1) is 5.58. The Bertz CT molecular complexity index is 199. The Balaban J connectivity index is 4.43. The Kier molecular flexibility index (Phi) is 3.38. The Morgan fingerprint density at radius 3 is 2.08 bits per heavy atom. The van der Waals surface area contributed by atoms with Crippen LogP contribution in [-0.2, 0) is 4.79 Å². The van der Waals surface area contributed by atoms with Crippen molar-refractivity contribution < 1.29 is 18.7 Å². The van der Waals surface area contributed by atoms with Gasteiger partial charge in [-0.3, -0.25) is 4.79 Å². The Morgan fingerprint density at radius 1 is 1.46 bits per heavy atom. The van der Waals surface area contributed by atoms with E-state index < -0.39 is 23.3 Å². The smallest absolute Gasteiger partial charge is 0.320 e. The summed E-state index contributed by atoms with van der Waals surface area (Å²) in [6.45, 7) is 3.37. The number of carboxylic acids is 1. The van der Waals surface area contributed by atoms with Crippen LogP contribution in [0.3, 0.4) is 0 Å². The van der Waals surface area contributed by atoms with Crippen LogP contribution in [0.1, 0.15) is 27.2 Å². The largest absolute Gasteiger partial charge is 0.480 e. The molecule has 0 aliphatic carbocycles. The van der Waals surface area contributed by atoms with Gasteiger partial charge < -0.3 is 10.8 Å². The third-order valence-corrected chi connectivity index (χ3v) is 2.24. The van der Waals surface area contributed by atoms with Crippen molar-refractivity contribution in [1.82, 2.24) is 0 Å². The van der Waals surface area contributed by atoms with Crippen molar-refractivity contribution in [2.45, 2.75) is 39.2 Å². The maximum absolute atomic E-state index is 12.9. The molecule has 0 aliphatic heterocycles. The number of carboxylic acid groups (broad SMARTS) is 1. The van der Waals surface area contributed by atoms with Gasteiger partial charge in [-0.05, 0) is 13.3 Å². The minimum absolute atomic E-state index is 0.244. The highest BCUT2D eigenvalue weighted by atomic mass is 19.3. The van der Waals surface area contributed by atoms with E-state index in [1.165, 1.54) is 13.8 Å². The zero-order valence-corrected chi connectivity index (χ0v) is 7.97. The third kappa shape index (κ3) is 3.26. The summed E-state index contributed by atoms with van der Waals surface area (Å²) in [5, 5.41) is 8.44. The predicted octanol–water partition coefficient (Wildman–Crippen LogP) is 1.47. The molecule has 3 nitrogen and oxygen atoms in total. The van der Waals surface area contributed by atoms with Crippen LogP contribution in [0, 0.1) is 5.41 Å². The molecule has 0 aromatic rings. The molecule has 78 valence electrons. The molecule has 0 fully saturated rings. The van der Waals surface area contributed by atoms with E-state index in [1.54, 1.807) is 0 Å². The van der Waals surface area contributed by atoms with E-state index in [1.807, 2.05) is 0 Å². The summed E-state index contributed by atoms with van der Waals surface area (Å²) in [6, 6.07) is -1.24. The summed E-state index contributed by atoms with van der Waals surface area (Å²) >= 11 is 0. The van der Waals surface area contributed by atoms with Gasteiger partial charge in [0.25, 0.3) is 0 Å². The highest BCUT2D eigenvalue weighted by molar-refractivity contribution is 5.73. The van der Waals surface area contributed by atoms with Crippen molar-refractivity contribution in [3.05, 3.63) is 0 Å². The summed E-state index contributed by atoms with van der Waals surface area (Å²) in [5.74, 6) is -4.18. The van der Waals surface area contributed by atoms with Gasteiger partial charge in [0.1, 0.15) is 6.04 Å². The topological polar surface area (TPSA) is 63.3 Å². The molecule has 0 saturated carbocycles. The van der Waals surface area contributed by atoms with E-state index in [9.17, 15) is 13.6 Å². The molecule has 0 unspecified atom stereocenters. The lowest BCUT2D eigenvalue weighted by Gasteiger charge is -2.32. The van der Waals surface area contributed by atoms with Crippen LogP contribution in [0.4, 0.5) is 8.78 Å². The molecule has 0 spiro atoms. The number of rotatable bonds is 4. The van der Waals surface area contributed by atoms with E-state index >= 15 is 0 Å². The summed E-state index contributed by atoms with van der Waals surface area (Å²) in [4.78, 5) is 10.3. The van der Waals surface area contributed by atoms with Crippen LogP contribution in [0.25, 0.3) is 0 Å². The molecule has 0 aliphatic rings. The molecule has 0 bridgehead atoms. The minimum Gasteiger partial charge on any atom is -0.480 e. The second-order valence-electron chi connectivity index (χ2n) is 3.92. The summed E-state index contributed by atoms with van der Waals surface area (Å²) in [7, 11) is 0. The Labute approximate surface area is 75.9 Å². The monoisotopic (exact) mass is 195 g/mol. The van der Waals surface area contributed by atoms with Gasteiger partial charge in [0.15, 0.2) is 0 Å². The lowest BCUT2D eigenvalue weighted by molar-refractivity contribution is -0.142. The molecule has 0 heterocycles. The molecule has 0 aromatic carbocycles. The molecular weight excluding hydrogens is 180 g/mol. The van der Waals surface area contributed by atoms with Crippen molar-refractivity contribution in [3.63, 3.8) is 0 Å². The van der Waals surface area contributed by atoms with E-state index in [2.05, 4.69) is 0 Å². The fourth-order valence-electron chi connectivity index (χ4n) is 0.816. The van der Waals surface area contributed by atoms with Crippen LogP contribution in [0.2, 0.25) is 0 Å². The molecule has 13 heavy (non-hydrogen) atoms. The highest BCUT2D eigenvalue weighted by Gasteiger charge is 2.43. The van der Waals surface area contributed by atoms with Crippen molar-refractivity contribution >= 4 is 5.97 Å². The lowest BCUT2D eigenvalue weighted by Crippen LogP contribution is -2.42. The molecule has 0 saturated heterocycles. The van der Waals surface area contributed by atoms with Crippen molar-refractivity contribution in [1.29, 1.82) is 0 Å². The second-order valence-corrected chi connectivity index (χ2v) is 3.92. The maximum Gasteiger partial charge on any atom is 0.320 e. The number of aliphatic carboxylic acids is 1. The zero-order valence-electron chi connectivity index (χ0n) is 7.97. The fraction of sp³-hybridized carbons (Fsp3) is 0.875. The number of alkyl halides is 2. The van der Waals surface area contributed by atoms with Gasteiger partial charge in [-0.25, -0.2) is 8.78 Å². The van der Waals surface area contributed by atoms with Crippen LogP contribution in [-0.4, -0.2) is 23.0 Å². The molecule has 0 aromatic heterocycles. The van der Waals surface area contributed by atoms with Gasteiger partial charge in [0, 0.05) is 5.41 Å². The van der Waals surface area contributed by atoms with Gasteiger partial charge in [-0.2, -0.15) is 0 Å². The third-order valence-electron chi connectivity index (χ3n) is 2.24. The molecule has 0 amide bonds. The van der Waals surface area contributed by atoms with E-state index in [0.717, 1.165) is 6.92 Å². The van der Waals surface area contributed by atoms with Crippen LogP contribution < -0.4 is 5.73 Å².